The van der Waals surface area contributed by atoms with Gasteiger partial charge in [0, 0.05) is 12.3 Å². The summed E-state index contributed by atoms with van der Waals surface area (Å²) in [4.78, 5) is 11.6. The van der Waals surface area contributed by atoms with Crippen molar-refractivity contribution >= 4 is 5.97 Å². The van der Waals surface area contributed by atoms with Gasteiger partial charge in [-0.15, -0.1) is 0 Å². The van der Waals surface area contributed by atoms with Crippen molar-refractivity contribution < 1.29 is 45.3 Å². The lowest BCUT2D eigenvalue weighted by atomic mass is 9.94. The van der Waals surface area contributed by atoms with E-state index >= 15 is 0 Å². The number of hydrogen-bond acceptors (Lipinski definition) is 4. The molecule has 0 aromatic heterocycles. The van der Waals surface area contributed by atoms with E-state index in [2.05, 4.69) is 4.74 Å². The van der Waals surface area contributed by atoms with E-state index in [1.54, 1.807) is 18.2 Å². The molecule has 0 aliphatic carbocycles. The summed E-state index contributed by atoms with van der Waals surface area (Å²) in [5.41, 5.74) is 0.874. The Bertz CT molecular complexity index is 582. The predicted molar refractivity (Wildman–Crippen MR) is 80.6 cm³/mol. The lowest BCUT2D eigenvalue weighted by molar-refractivity contribution is -0.313. The minimum absolute atomic E-state index is 0.0408. The molecule has 0 saturated carbocycles. The van der Waals surface area contributed by atoms with Crippen molar-refractivity contribution in [2.24, 2.45) is 5.92 Å². The third kappa shape index (κ3) is 6.69. The third-order valence-electron chi connectivity index (χ3n) is 3.94. The van der Waals surface area contributed by atoms with E-state index in [1.165, 1.54) is 0 Å². The first kappa shape index (κ1) is 21.5. The van der Waals surface area contributed by atoms with Gasteiger partial charge in [0.2, 0.25) is 0 Å². The standard InChI is InChI=1S/C17H18F6O4/c18-16(19,20)15(17(21,22)23)27-13(24)7-6-12(14-25-8-9-26-14)10-11-4-2-1-3-5-11/h1-5,12,14-15H,6-10H2/t12-/m1/s1. The molecule has 4 nitrogen and oxygen atoms in total. The molecule has 0 spiro atoms. The first-order valence-electron chi connectivity index (χ1n) is 8.17. The number of benzene rings is 1. The molecule has 1 aliphatic rings. The minimum Gasteiger partial charge on any atom is -0.443 e. The molecule has 10 heteroatoms. The summed E-state index contributed by atoms with van der Waals surface area (Å²) in [5, 5.41) is 0. The monoisotopic (exact) mass is 400 g/mol. The molecular weight excluding hydrogens is 382 g/mol. The second-order valence-electron chi connectivity index (χ2n) is 6.05. The molecular formula is C17H18F6O4. The normalized spacial score (nSPS) is 17.3. The van der Waals surface area contributed by atoms with E-state index in [1.807, 2.05) is 12.1 Å². The average Bonchev–Trinajstić information content (AvgIpc) is 3.09. The lowest BCUT2D eigenvalue weighted by Crippen LogP contribution is -2.45. The summed E-state index contributed by atoms with van der Waals surface area (Å²) in [6, 6.07) is 8.99. The Labute approximate surface area is 151 Å². The molecule has 0 bridgehead atoms. The van der Waals surface area contributed by atoms with Crippen molar-refractivity contribution in [2.45, 2.75) is 44.0 Å². The van der Waals surface area contributed by atoms with Crippen LogP contribution in [0.2, 0.25) is 0 Å². The van der Waals surface area contributed by atoms with Crippen LogP contribution in [0.5, 0.6) is 0 Å². The Hall–Kier alpha value is -1.81. The highest BCUT2D eigenvalue weighted by atomic mass is 19.4. The fraction of sp³-hybridized carbons (Fsp3) is 0.588. The number of rotatable bonds is 7. The van der Waals surface area contributed by atoms with Crippen LogP contribution < -0.4 is 0 Å². The second-order valence-corrected chi connectivity index (χ2v) is 6.05. The van der Waals surface area contributed by atoms with Crippen LogP contribution in [-0.4, -0.2) is 43.9 Å². The Kier molecular flexibility index (Phi) is 7.10. The molecule has 1 fully saturated rings. The maximum Gasteiger partial charge on any atom is 0.434 e. The summed E-state index contributed by atoms with van der Waals surface area (Å²) in [7, 11) is 0. The van der Waals surface area contributed by atoms with Crippen LogP contribution in [0, 0.1) is 5.92 Å². The van der Waals surface area contributed by atoms with Crippen molar-refractivity contribution in [3.05, 3.63) is 35.9 Å². The molecule has 152 valence electrons. The molecule has 1 aromatic rings. The molecule has 0 unspecified atom stereocenters. The van der Waals surface area contributed by atoms with Crippen molar-refractivity contribution in [3.63, 3.8) is 0 Å². The van der Waals surface area contributed by atoms with Crippen molar-refractivity contribution in [3.8, 4) is 0 Å². The number of ether oxygens (including phenoxy) is 3. The molecule has 27 heavy (non-hydrogen) atoms. The van der Waals surface area contributed by atoms with E-state index < -0.39 is 43.1 Å². The van der Waals surface area contributed by atoms with Gasteiger partial charge in [-0.2, -0.15) is 26.3 Å². The Morgan fingerprint density at radius 3 is 2.11 bits per heavy atom. The van der Waals surface area contributed by atoms with Gasteiger partial charge in [0.05, 0.1) is 13.2 Å². The van der Waals surface area contributed by atoms with E-state index in [9.17, 15) is 31.1 Å². The maximum atomic E-state index is 12.5. The smallest absolute Gasteiger partial charge is 0.434 e. The summed E-state index contributed by atoms with van der Waals surface area (Å²) in [5.74, 6) is -2.00. The zero-order valence-electron chi connectivity index (χ0n) is 14.1. The van der Waals surface area contributed by atoms with Gasteiger partial charge in [-0.3, -0.25) is 4.79 Å². The number of halogens is 6. The van der Waals surface area contributed by atoms with Crippen LogP contribution in [0.15, 0.2) is 30.3 Å². The molecule has 0 radical (unpaired) electrons. The number of esters is 1. The fourth-order valence-electron chi connectivity index (χ4n) is 2.71. The molecule has 0 N–H and O–H groups in total. The predicted octanol–water partition coefficient (Wildman–Crippen LogP) is 4.03. The molecule has 1 saturated heterocycles. The SMILES string of the molecule is O=C(CC[C@H](Cc1ccccc1)C1OCCO1)OC(C(F)(F)F)C(F)(F)F. The highest BCUT2D eigenvalue weighted by Crippen LogP contribution is 2.36. The van der Waals surface area contributed by atoms with Crippen LogP contribution in [-0.2, 0) is 25.4 Å². The quantitative estimate of drug-likeness (QED) is 0.512. The van der Waals surface area contributed by atoms with Crippen LogP contribution >= 0.6 is 0 Å². The Morgan fingerprint density at radius 1 is 1.04 bits per heavy atom. The minimum atomic E-state index is -5.73. The summed E-state index contributed by atoms with van der Waals surface area (Å²) in [6.07, 6.45) is -16.5. The van der Waals surface area contributed by atoms with Crippen molar-refractivity contribution in [1.82, 2.24) is 0 Å². The molecule has 1 aromatic carbocycles. The van der Waals surface area contributed by atoms with Crippen LogP contribution in [0.1, 0.15) is 18.4 Å². The highest BCUT2D eigenvalue weighted by molar-refractivity contribution is 5.69. The number of carbonyl (C=O) groups excluding carboxylic acids is 1. The van der Waals surface area contributed by atoms with E-state index in [-0.39, 0.29) is 6.42 Å². The van der Waals surface area contributed by atoms with Crippen LogP contribution in [0.4, 0.5) is 26.3 Å². The molecule has 0 amide bonds. The van der Waals surface area contributed by atoms with Crippen LogP contribution in [0.25, 0.3) is 0 Å². The largest absolute Gasteiger partial charge is 0.443 e. The van der Waals surface area contributed by atoms with Gasteiger partial charge >= 0.3 is 18.3 Å². The molecule has 1 atom stereocenters. The van der Waals surface area contributed by atoms with Gasteiger partial charge in [0.15, 0.2) is 6.29 Å². The van der Waals surface area contributed by atoms with E-state index in [0.717, 1.165) is 5.56 Å². The average molecular weight is 400 g/mol. The first-order valence-corrected chi connectivity index (χ1v) is 8.17. The summed E-state index contributed by atoms with van der Waals surface area (Å²) in [6.45, 7) is 0.648. The number of alkyl halides is 6. The zero-order chi connectivity index (χ0) is 20.1. The lowest BCUT2D eigenvalue weighted by Gasteiger charge is -2.24. The molecule has 2 rings (SSSR count). The van der Waals surface area contributed by atoms with Gasteiger partial charge in [0.1, 0.15) is 0 Å². The number of hydrogen-bond donors (Lipinski definition) is 0. The van der Waals surface area contributed by atoms with Crippen molar-refractivity contribution in [2.75, 3.05) is 13.2 Å². The van der Waals surface area contributed by atoms with Gasteiger partial charge in [-0.1, -0.05) is 30.3 Å². The van der Waals surface area contributed by atoms with Gasteiger partial charge < -0.3 is 14.2 Å². The molecule has 1 heterocycles. The van der Waals surface area contributed by atoms with Crippen molar-refractivity contribution in [1.29, 1.82) is 0 Å². The second kappa shape index (κ2) is 8.92. The Balaban J connectivity index is 1.97. The van der Waals surface area contributed by atoms with E-state index in [0.29, 0.717) is 19.6 Å². The number of carbonyl (C=O) groups is 1. The zero-order valence-corrected chi connectivity index (χ0v) is 14.1. The van der Waals surface area contributed by atoms with Gasteiger partial charge in [-0.25, -0.2) is 0 Å². The Morgan fingerprint density at radius 2 is 1.59 bits per heavy atom. The summed E-state index contributed by atoms with van der Waals surface area (Å²) < 4.78 is 89.2. The third-order valence-corrected chi connectivity index (χ3v) is 3.94. The van der Waals surface area contributed by atoms with E-state index in [4.69, 9.17) is 9.47 Å². The van der Waals surface area contributed by atoms with Gasteiger partial charge in [0.25, 0.3) is 6.10 Å². The topological polar surface area (TPSA) is 44.8 Å². The first-order chi connectivity index (χ1) is 12.6. The fourth-order valence-corrected chi connectivity index (χ4v) is 2.71. The van der Waals surface area contributed by atoms with Crippen LogP contribution in [0.3, 0.4) is 0 Å². The highest BCUT2D eigenvalue weighted by Gasteiger charge is 2.59. The summed E-state index contributed by atoms with van der Waals surface area (Å²) >= 11 is 0. The maximum absolute atomic E-state index is 12.5. The molecule has 1 aliphatic heterocycles. The van der Waals surface area contributed by atoms with Gasteiger partial charge in [-0.05, 0) is 18.4 Å².